The summed E-state index contributed by atoms with van der Waals surface area (Å²) in [6.07, 6.45) is 1.73. The van der Waals surface area contributed by atoms with Gasteiger partial charge in [0.2, 0.25) is 0 Å². The van der Waals surface area contributed by atoms with Crippen molar-refractivity contribution in [2.75, 3.05) is 26.0 Å². The highest BCUT2D eigenvalue weighted by Crippen LogP contribution is 2.41. The van der Waals surface area contributed by atoms with E-state index in [0.29, 0.717) is 16.8 Å². The molecule has 2 heterocycles. The molecule has 4 rings (SSSR count). The number of anilines is 1. The van der Waals surface area contributed by atoms with Crippen LogP contribution < -0.4 is 5.73 Å². The second-order valence-corrected chi connectivity index (χ2v) is 9.21. The molecule has 186 valence electrons. The van der Waals surface area contributed by atoms with Gasteiger partial charge in [0.05, 0.1) is 36.0 Å². The molecule has 0 spiro atoms. The summed E-state index contributed by atoms with van der Waals surface area (Å²) in [5.74, 6) is -1.54. The van der Waals surface area contributed by atoms with Crippen molar-refractivity contribution in [3.05, 3.63) is 82.5 Å². The lowest BCUT2D eigenvalue weighted by Gasteiger charge is -2.32. The van der Waals surface area contributed by atoms with Gasteiger partial charge in [0.25, 0.3) is 0 Å². The van der Waals surface area contributed by atoms with E-state index in [-0.39, 0.29) is 13.2 Å². The van der Waals surface area contributed by atoms with Crippen LogP contribution in [0.15, 0.2) is 77.0 Å². The Morgan fingerprint density at radius 1 is 1.03 bits per heavy atom. The van der Waals surface area contributed by atoms with Gasteiger partial charge in [-0.25, -0.2) is 14.6 Å². The largest absolute Gasteiger partial charge is 0.463 e. The molecule has 1 aromatic heterocycles. The van der Waals surface area contributed by atoms with Crippen LogP contribution in [0, 0.1) is 0 Å². The summed E-state index contributed by atoms with van der Waals surface area (Å²) in [5, 5.41) is 2.83. The molecule has 1 aliphatic rings. The molecule has 2 N–H and O–H groups in total. The van der Waals surface area contributed by atoms with Gasteiger partial charge in [0.1, 0.15) is 5.01 Å². The van der Waals surface area contributed by atoms with Gasteiger partial charge in [0.15, 0.2) is 0 Å². The Balaban J connectivity index is 1.78. The van der Waals surface area contributed by atoms with Gasteiger partial charge >= 0.3 is 11.9 Å². The third-order valence-corrected chi connectivity index (χ3v) is 6.93. The summed E-state index contributed by atoms with van der Waals surface area (Å²) >= 11 is 1.53. The predicted molar refractivity (Wildman–Crippen MR) is 142 cm³/mol. The molecule has 0 amide bonds. The smallest absolute Gasteiger partial charge is 0.336 e. The third-order valence-electron chi connectivity index (χ3n) is 6.04. The first-order valence-corrected chi connectivity index (χ1v) is 12.6. The van der Waals surface area contributed by atoms with Gasteiger partial charge in [-0.05, 0) is 44.5 Å². The number of carbonyl (C=O) groups excluding carboxylic acids is 2. The number of hydrogen-bond donors (Lipinski definition) is 1. The van der Waals surface area contributed by atoms with Crippen molar-refractivity contribution < 1.29 is 19.1 Å². The molecule has 0 saturated carbocycles. The minimum atomic E-state index is -0.629. The van der Waals surface area contributed by atoms with Crippen LogP contribution >= 0.6 is 11.3 Å². The zero-order valence-corrected chi connectivity index (χ0v) is 21.6. The first kappa shape index (κ1) is 25.2. The molecule has 36 heavy (non-hydrogen) atoms. The number of rotatable bonds is 7. The maximum absolute atomic E-state index is 13.1. The Bertz CT molecular complexity index is 1340. The van der Waals surface area contributed by atoms with E-state index in [1.165, 1.54) is 11.3 Å². The number of allylic oxidation sites excluding steroid dienone is 1. The van der Waals surface area contributed by atoms with Gasteiger partial charge in [-0.15, -0.1) is 11.3 Å². The summed E-state index contributed by atoms with van der Waals surface area (Å²) in [6, 6.07) is 15.4. The first-order valence-electron chi connectivity index (χ1n) is 11.7. The Hall–Kier alpha value is -3.91. The fourth-order valence-corrected chi connectivity index (χ4v) is 5.01. The molecule has 0 radical (unpaired) electrons. The maximum Gasteiger partial charge on any atom is 0.336 e. The Labute approximate surface area is 214 Å². The number of carbonyl (C=O) groups is 2. The zero-order valence-electron chi connectivity index (χ0n) is 20.8. The zero-order chi connectivity index (χ0) is 25.8. The van der Waals surface area contributed by atoms with Gasteiger partial charge < -0.3 is 20.1 Å². The topological polar surface area (TPSA) is 94.8 Å². The predicted octanol–water partition coefficient (Wildman–Crippen LogP) is 5.37. The summed E-state index contributed by atoms with van der Waals surface area (Å²) in [4.78, 5) is 32.7. The average molecular weight is 504 g/mol. The summed E-state index contributed by atoms with van der Waals surface area (Å²) < 4.78 is 10.7. The second kappa shape index (κ2) is 10.8. The van der Waals surface area contributed by atoms with Gasteiger partial charge in [-0.1, -0.05) is 30.3 Å². The average Bonchev–Trinajstić information content (AvgIpc) is 3.36. The number of nitrogens with two attached hydrogens (primary N) is 1. The van der Waals surface area contributed by atoms with Crippen LogP contribution in [-0.4, -0.2) is 42.1 Å². The van der Waals surface area contributed by atoms with Crippen LogP contribution in [0.4, 0.5) is 5.69 Å². The maximum atomic E-state index is 13.1. The summed E-state index contributed by atoms with van der Waals surface area (Å²) in [5.41, 5.74) is 11.5. The quantitative estimate of drug-likeness (QED) is 0.342. The number of esters is 2. The molecule has 0 fully saturated rings. The van der Waals surface area contributed by atoms with Crippen molar-refractivity contribution in [2.24, 2.45) is 0 Å². The highest BCUT2D eigenvalue weighted by Gasteiger charge is 2.37. The van der Waals surface area contributed by atoms with E-state index in [1.54, 1.807) is 32.0 Å². The van der Waals surface area contributed by atoms with Crippen molar-refractivity contribution in [1.82, 2.24) is 9.88 Å². The monoisotopic (exact) mass is 503 g/mol. The molecular weight excluding hydrogens is 474 g/mol. The van der Waals surface area contributed by atoms with Gasteiger partial charge in [0, 0.05) is 41.1 Å². The van der Waals surface area contributed by atoms with E-state index < -0.39 is 17.9 Å². The van der Waals surface area contributed by atoms with E-state index in [0.717, 1.165) is 33.1 Å². The van der Waals surface area contributed by atoms with Crippen molar-refractivity contribution in [3.8, 4) is 21.8 Å². The van der Waals surface area contributed by atoms with Crippen molar-refractivity contribution >= 4 is 29.0 Å². The molecule has 8 heteroatoms. The lowest BCUT2D eigenvalue weighted by Crippen LogP contribution is -2.30. The lowest BCUT2D eigenvalue weighted by atomic mass is 9.81. The Morgan fingerprint density at radius 2 is 1.72 bits per heavy atom. The standard InChI is InChI=1S/C28H29N3O4S/c1-5-34-27(32)22-15-31(4)17(3)24(28(33)35-6-2)25(22)19-8-7-9-20(14-19)26-30-23(16-36-26)18-10-12-21(29)13-11-18/h7-16,25H,5-6,29H2,1-4H3. The van der Waals surface area contributed by atoms with Crippen LogP contribution in [-0.2, 0) is 19.1 Å². The van der Waals surface area contributed by atoms with E-state index in [1.807, 2.05) is 60.8 Å². The Morgan fingerprint density at radius 3 is 2.42 bits per heavy atom. The van der Waals surface area contributed by atoms with Crippen molar-refractivity contribution in [2.45, 2.75) is 26.7 Å². The van der Waals surface area contributed by atoms with Crippen molar-refractivity contribution in [3.63, 3.8) is 0 Å². The number of benzene rings is 2. The first-order chi connectivity index (χ1) is 17.3. The molecule has 7 nitrogen and oxygen atoms in total. The van der Waals surface area contributed by atoms with Crippen LogP contribution in [0.25, 0.3) is 21.8 Å². The molecule has 2 aromatic carbocycles. The molecule has 1 unspecified atom stereocenters. The minimum Gasteiger partial charge on any atom is -0.463 e. The highest BCUT2D eigenvalue weighted by molar-refractivity contribution is 7.13. The molecule has 0 saturated heterocycles. The fourth-order valence-electron chi connectivity index (χ4n) is 4.18. The normalized spacial score (nSPS) is 15.5. The number of thiazole rings is 1. The molecule has 0 bridgehead atoms. The summed E-state index contributed by atoms with van der Waals surface area (Å²) in [6.45, 7) is 5.84. The second-order valence-electron chi connectivity index (χ2n) is 8.35. The third kappa shape index (κ3) is 5.04. The van der Waals surface area contributed by atoms with Crippen LogP contribution in [0.3, 0.4) is 0 Å². The fraction of sp³-hybridized carbons (Fsp3) is 0.250. The number of nitrogens with zero attached hydrogens (tertiary/aromatic N) is 2. The number of nitrogen functional groups attached to an aromatic ring is 1. The minimum absolute atomic E-state index is 0.233. The highest BCUT2D eigenvalue weighted by atomic mass is 32.1. The number of hydrogen-bond acceptors (Lipinski definition) is 8. The van der Waals surface area contributed by atoms with Gasteiger partial charge in [-0.3, -0.25) is 0 Å². The molecule has 1 aliphatic heterocycles. The SMILES string of the molecule is CCOC(=O)C1=CN(C)C(C)=C(C(=O)OCC)C1c1cccc(-c2nc(-c3ccc(N)cc3)cs2)c1. The van der Waals surface area contributed by atoms with Crippen LogP contribution in [0.2, 0.25) is 0 Å². The van der Waals surface area contributed by atoms with Crippen LogP contribution in [0.5, 0.6) is 0 Å². The van der Waals surface area contributed by atoms with E-state index in [2.05, 4.69) is 0 Å². The number of aromatic nitrogens is 1. The summed E-state index contributed by atoms with van der Waals surface area (Å²) in [7, 11) is 1.80. The van der Waals surface area contributed by atoms with E-state index >= 15 is 0 Å². The molecular formula is C28H29N3O4S. The van der Waals surface area contributed by atoms with E-state index in [4.69, 9.17) is 20.2 Å². The van der Waals surface area contributed by atoms with Crippen LogP contribution in [0.1, 0.15) is 32.3 Å². The molecule has 0 aliphatic carbocycles. The molecule has 1 atom stereocenters. The molecule has 3 aromatic rings. The lowest BCUT2D eigenvalue weighted by molar-refractivity contribution is -0.139. The van der Waals surface area contributed by atoms with E-state index in [9.17, 15) is 9.59 Å². The Kier molecular flexibility index (Phi) is 7.55. The van der Waals surface area contributed by atoms with Gasteiger partial charge in [-0.2, -0.15) is 0 Å². The van der Waals surface area contributed by atoms with Crippen molar-refractivity contribution in [1.29, 1.82) is 0 Å². The number of ether oxygens (including phenoxy) is 2.